The lowest BCUT2D eigenvalue weighted by Gasteiger charge is -2.42. The molecule has 0 saturated carbocycles. The van der Waals surface area contributed by atoms with Gasteiger partial charge in [0.1, 0.15) is 12.4 Å². The summed E-state index contributed by atoms with van der Waals surface area (Å²) in [5.41, 5.74) is 1.51. The largest absolute Gasteiger partial charge is 0.363 e. The van der Waals surface area contributed by atoms with Gasteiger partial charge in [-0.05, 0) is 61.7 Å². The summed E-state index contributed by atoms with van der Waals surface area (Å²) in [6, 6.07) is 10.3. The molecule has 2 fully saturated rings. The van der Waals surface area contributed by atoms with Crippen molar-refractivity contribution in [1.82, 2.24) is 9.88 Å². The number of pyridine rings is 1. The molecule has 3 heterocycles. The summed E-state index contributed by atoms with van der Waals surface area (Å²) in [6.45, 7) is 3.35. The van der Waals surface area contributed by atoms with Crippen LogP contribution >= 0.6 is 0 Å². The number of hydrogen-bond donors (Lipinski definition) is 0. The molecule has 1 amide bonds. The molecule has 0 radical (unpaired) electrons. The number of morpholine rings is 1. The average Bonchev–Trinajstić information content (AvgIpc) is 2.87. The van der Waals surface area contributed by atoms with Gasteiger partial charge in [-0.25, -0.2) is 4.39 Å². The van der Waals surface area contributed by atoms with Crippen LogP contribution in [0.5, 0.6) is 0 Å². The van der Waals surface area contributed by atoms with Crippen LogP contribution in [-0.2, 0) is 16.1 Å². The summed E-state index contributed by atoms with van der Waals surface area (Å²) in [5, 5.41) is 0. The van der Waals surface area contributed by atoms with Crippen LogP contribution in [0.1, 0.15) is 24.8 Å². The molecule has 142 valence electrons. The Balaban J connectivity index is 1.46. The van der Waals surface area contributed by atoms with Crippen molar-refractivity contribution < 1.29 is 13.9 Å². The van der Waals surface area contributed by atoms with E-state index in [1.165, 1.54) is 17.7 Å². The molecule has 2 aliphatic rings. The Hall–Kier alpha value is -2.31. The highest BCUT2D eigenvalue weighted by atomic mass is 19.1. The Morgan fingerprint density at radius 1 is 1.15 bits per heavy atom. The molecule has 5 nitrogen and oxygen atoms in total. The van der Waals surface area contributed by atoms with Crippen LogP contribution in [0.3, 0.4) is 0 Å². The van der Waals surface area contributed by atoms with Crippen molar-refractivity contribution in [2.45, 2.75) is 31.4 Å². The van der Waals surface area contributed by atoms with Crippen molar-refractivity contribution in [1.29, 1.82) is 0 Å². The van der Waals surface area contributed by atoms with Gasteiger partial charge < -0.3 is 9.64 Å². The van der Waals surface area contributed by atoms with Gasteiger partial charge in [0.05, 0.1) is 12.1 Å². The van der Waals surface area contributed by atoms with E-state index < -0.39 is 0 Å². The van der Waals surface area contributed by atoms with E-state index in [0.29, 0.717) is 12.2 Å². The van der Waals surface area contributed by atoms with Crippen molar-refractivity contribution in [2.75, 3.05) is 31.1 Å². The first kappa shape index (κ1) is 18.1. The first-order valence-electron chi connectivity index (χ1n) is 9.45. The van der Waals surface area contributed by atoms with Crippen LogP contribution in [-0.4, -0.2) is 47.6 Å². The van der Waals surface area contributed by atoms with E-state index in [-0.39, 0.29) is 23.9 Å². The fourth-order valence-electron chi connectivity index (χ4n) is 4.02. The number of benzene rings is 1. The number of carbonyl (C=O) groups excluding carboxylic acids is 1. The maximum atomic E-state index is 13.6. The summed E-state index contributed by atoms with van der Waals surface area (Å²) in [7, 11) is 0. The van der Waals surface area contributed by atoms with Gasteiger partial charge in [-0.3, -0.25) is 14.7 Å². The fraction of sp³-hybridized carbons (Fsp3) is 0.429. The zero-order valence-electron chi connectivity index (χ0n) is 15.3. The first-order chi connectivity index (χ1) is 13.1. The molecule has 1 aromatic heterocycles. The highest BCUT2D eigenvalue weighted by Crippen LogP contribution is 2.33. The second-order valence-corrected chi connectivity index (χ2v) is 7.42. The summed E-state index contributed by atoms with van der Waals surface area (Å²) < 4.78 is 19.7. The van der Waals surface area contributed by atoms with Crippen LogP contribution < -0.4 is 4.90 Å². The van der Waals surface area contributed by atoms with Gasteiger partial charge in [-0.15, -0.1) is 0 Å². The van der Waals surface area contributed by atoms with E-state index in [4.69, 9.17) is 4.74 Å². The molecule has 2 aromatic rings. The van der Waals surface area contributed by atoms with Crippen LogP contribution in [0, 0.1) is 5.82 Å². The van der Waals surface area contributed by atoms with E-state index in [9.17, 15) is 9.18 Å². The molecule has 6 heteroatoms. The van der Waals surface area contributed by atoms with Gasteiger partial charge in [0.15, 0.2) is 0 Å². The lowest BCUT2D eigenvalue weighted by molar-refractivity contribution is -0.140. The number of carbonyl (C=O) groups is 1. The molecule has 2 saturated heterocycles. The second kappa shape index (κ2) is 7.74. The number of hydrogen-bond acceptors (Lipinski definition) is 4. The summed E-state index contributed by atoms with van der Waals surface area (Å²) in [6.07, 6.45) is 6.41. The minimum atomic E-state index is -0.354. The highest BCUT2D eigenvalue weighted by molar-refractivity contribution is 5.95. The third-order valence-corrected chi connectivity index (χ3v) is 5.51. The van der Waals surface area contributed by atoms with Gasteiger partial charge in [0.25, 0.3) is 5.91 Å². The molecule has 4 rings (SSSR count). The van der Waals surface area contributed by atoms with Gasteiger partial charge in [-0.1, -0.05) is 6.07 Å². The monoisotopic (exact) mass is 369 g/mol. The van der Waals surface area contributed by atoms with Crippen LogP contribution in [0.4, 0.5) is 10.1 Å². The predicted molar refractivity (Wildman–Crippen MR) is 101 cm³/mol. The standard InChI is InChI=1S/C21H24FN3O2/c22-18-3-1-4-19(13-18)25-16-21(27-15-20(25)26)7-2-11-24(12-8-21)14-17-5-9-23-10-6-17/h1,3-6,9-10,13H,2,7-8,11-12,14-16H2. The molecule has 0 N–H and O–H groups in total. The van der Waals surface area contributed by atoms with Crippen LogP contribution in [0.25, 0.3) is 0 Å². The smallest absolute Gasteiger partial charge is 0.253 e. The summed E-state index contributed by atoms with van der Waals surface area (Å²) in [5.74, 6) is -0.436. The van der Waals surface area contributed by atoms with E-state index in [0.717, 1.165) is 38.9 Å². The van der Waals surface area contributed by atoms with Crippen molar-refractivity contribution in [3.8, 4) is 0 Å². The second-order valence-electron chi connectivity index (χ2n) is 7.42. The predicted octanol–water partition coefficient (Wildman–Crippen LogP) is 3.01. The maximum Gasteiger partial charge on any atom is 0.253 e. The molecule has 1 spiro atoms. The number of ether oxygens (including phenoxy) is 1. The average molecular weight is 369 g/mol. The van der Waals surface area contributed by atoms with Crippen molar-refractivity contribution in [2.24, 2.45) is 0 Å². The van der Waals surface area contributed by atoms with Gasteiger partial charge in [-0.2, -0.15) is 0 Å². The first-order valence-corrected chi connectivity index (χ1v) is 9.45. The summed E-state index contributed by atoms with van der Waals surface area (Å²) in [4.78, 5) is 20.6. The zero-order valence-corrected chi connectivity index (χ0v) is 15.3. The number of amides is 1. The molecular formula is C21H24FN3O2. The Kier molecular flexibility index (Phi) is 5.18. The number of anilines is 1. The molecule has 2 aliphatic heterocycles. The fourth-order valence-corrected chi connectivity index (χ4v) is 4.02. The highest BCUT2D eigenvalue weighted by Gasteiger charge is 2.41. The summed E-state index contributed by atoms with van der Waals surface area (Å²) >= 11 is 0. The van der Waals surface area contributed by atoms with E-state index >= 15 is 0 Å². The normalized spacial score (nSPS) is 24.2. The quantitative estimate of drug-likeness (QED) is 0.834. The molecule has 1 unspecified atom stereocenters. The molecule has 1 aromatic carbocycles. The third kappa shape index (κ3) is 4.17. The zero-order chi connectivity index (χ0) is 18.7. The Morgan fingerprint density at radius 3 is 2.81 bits per heavy atom. The Morgan fingerprint density at radius 2 is 2.00 bits per heavy atom. The molecule has 0 bridgehead atoms. The number of rotatable bonds is 3. The SMILES string of the molecule is O=C1COC2(CCCN(Cc3ccncc3)CC2)CN1c1cccc(F)c1. The van der Waals surface area contributed by atoms with Gasteiger partial charge in [0.2, 0.25) is 0 Å². The van der Waals surface area contributed by atoms with Crippen LogP contribution in [0.15, 0.2) is 48.8 Å². The Labute approximate surface area is 158 Å². The Bertz CT molecular complexity index is 801. The maximum absolute atomic E-state index is 13.6. The molecule has 0 aliphatic carbocycles. The lowest BCUT2D eigenvalue weighted by Crippen LogP contribution is -2.55. The van der Waals surface area contributed by atoms with Crippen molar-refractivity contribution in [3.63, 3.8) is 0 Å². The molecular weight excluding hydrogens is 345 g/mol. The third-order valence-electron chi connectivity index (χ3n) is 5.51. The van der Waals surface area contributed by atoms with Gasteiger partial charge >= 0.3 is 0 Å². The van der Waals surface area contributed by atoms with Crippen LogP contribution in [0.2, 0.25) is 0 Å². The molecule has 1 atom stereocenters. The number of aromatic nitrogens is 1. The lowest BCUT2D eigenvalue weighted by atomic mass is 9.92. The molecule has 27 heavy (non-hydrogen) atoms. The minimum absolute atomic E-state index is 0.0564. The number of likely N-dealkylation sites (tertiary alicyclic amines) is 1. The van der Waals surface area contributed by atoms with E-state index in [1.807, 2.05) is 24.5 Å². The minimum Gasteiger partial charge on any atom is -0.363 e. The van der Waals surface area contributed by atoms with Gasteiger partial charge in [0, 0.05) is 31.2 Å². The van der Waals surface area contributed by atoms with E-state index in [1.54, 1.807) is 17.0 Å². The number of halogens is 1. The topological polar surface area (TPSA) is 45.7 Å². The van der Waals surface area contributed by atoms with Crippen molar-refractivity contribution in [3.05, 3.63) is 60.2 Å². The van der Waals surface area contributed by atoms with E-state index in [2.05, 4.69) is 9.88 Å². The van der Waals surface area contributed by atoms with Crippen molar-refractivity contribution >= 4 is 11.6 Å². The number of nitrogens with zero attached hydrogens (tertiary/aromatic N) is 3.